The van der Waals surface area contributed by atoms with Crippen molar-refractivity contribution >= 4 is 22.6 Å². The number of hydrogen-bond acceptors (Lipinski definition) is 3. The number of aromatic nitrogens is 3. The van der Waals surface area contributed by atoms with Gasteiger partial charge in [-0.05, 0) is 42.0 Å². The maximum Gasteiger partial charge on any atom is 0.149 e. The monoisotopic (exact) mass is 308 g/mol. The van der Waals surface area contributed by atoms with Crippen molar-refractivity contribution in [3.05, 3.63) is 53.1 Å². The summed E-state index contributed by atoms with van der Waals surface area (Å²) in [5, 5.41) is 10.5. The van der Waals surface area contributed by atoms with Crippen molar-refractivity contribution in [2.75, 3.05) is 0 Å². The minimum atomic E-state index is 0.157. The molecule has 1 fully saturated rings. The Kier molecular flexibility index (Phi) is 2.75. The van der Waals surface area contributed by atoms with Crippen LogP contribution in [0.2, 0.25) is 5.15 Å². The topological polar surface area (TPSA) is 54.5 Å². The highest BCUT2D eigenvalue weighted by molar-refractivity contribution is 6.34. The van der Waals surface area contributed by atoms with E-state index in [4.69, 9.17) is 16.9 Å². The van der Waals surface area contributed by atoms with E-state index < -0.39 is 0 Å². The van der Waals surface area contributed by atoms with Gasteiger partial charge in [-0.1, -0.05) is 24.6 Å². The van der Waals surface area contributed by atoms with Gasteiger partial charge in [-0.2, -0.15) is 5.26 Å². The SMILES string of the molecule is CC1(c2cn(-c3cccc(C#N)c3)c3ncnc(Cl)c23)CC1. The van der Waals surface area contributed by atoms with Gasteiger partial charge in [0.25, 0.3) is 0 Å². The zero-order valence-corrected chi connectivity index (χ0v) is 12.8. The molecule has 5 heteroatoms. The summed E-state index contributed by atoms with van der Waals surface area (Å²) in [5.41, 5.74) is 3.67. The van der Waals surface area contributed by atoms with Crippen molar-refractivity contribution < 1.29 is 0 Å². The lowest BCUT2D eigenvalue weighted by atomic mass is 9.99. The van der Waals surface area contributed by atoms with Crippen LogP contribution < -0.4 is 0 Å². The molecule has 0 unspecified atom stereocenters. The molecule has 0 atom stereocenters. The molecule has 1 saturated carbocycles. The fourth-order valence-corrected chi connectivity index (χ4v) is 3.09. The summed E-state index contributed by atoms with van der Waals surface area (Å²) in [7, 11) is 0. The molecule has 2 heterocycles. The molecule has 0 spiro atoms. The molecule has 4 rings (SSSR count). The predicted molar refractivity (Wildman–Crippen MR) is 85.2 cm³/mol. The van der Waals surface area contributed by atoms with Gasteiger partial charge < -0.3 is 4.57 Å². The Labute approximate surface area is 133 Å². The van der Waals surface area contributed by atoms with Crippen LogP contribution in [0.5, 0.6) is 0 Å². The highest BCUT2D eigenvalue weighted by Crippen LogP contribution is 2.51. The van der Waals surface area contributed by atoms with Crippen LogP contribution in [0.4, 0.5) is 0 Å². The quantitative estimate of drug-likeness (QED) is 0.672. The van der Waals surface area contributed by atoms with Crippen molar-refractivity contribution in [2.45, 2.75) is 25.2 Å². The maximum atomic E-state index is 9.10. The third kappa shape index (κ3) is 1.90. The maximum absolute atomic E-state index is 9.10. The lowest BCUT2D eigenvalue weighted by Gasteiger charge is -2.06. The van der Waals surface area contributed by atoms with Crippen LogP contribution in [0.1, 0.15) is 30.9 Å². The van der Waals surface area contributed by atoms with E-state index in [1.165, 1.54) is 11.9 Å². The molecule has 4 nitrogen and oxygen atoms in total. The van der Waals surface area contributed by atoms with E-state index in [2.05, 4.69) is 29.2 Å². The van der Waals surface area contributed by atoms with Crippen LogP contribution in [0.3, 0.4) is 0 Å². The fourth-order valence-electron chi connectivity index (χ4n) is 2.86. The normalized spacial score (nSPS) is 15.7. The first-order valence-corrected chi connectivity index (χ1v) is 7.53. The van der Waals surface area contributed by atoms with Crippen molar-refractivity contribution in [2.24, 2.45) is 0 Å². The minimum absolute atomic E-state index is 0.157. The van der Waals surface area contributed by atoms with E-state index in [9.17, 15) is 0 Å². The summed E-state index contributed by atoms with van der Waals surface area (Å²) in [5.74, 6) is 0. The molecule has 1 aliphatic carbocycles. The second-order valence-corrected chi connectivity index (χ2v) is 6.36. The van der Waals surface area contributed by atoms with Crippen LogP contribution >= 0.6 is 11.6 Å². The second-order valence-electron chi connectivity index (χ2n) is 6.00. The Hall–Kier alpha value is -2.38. The zero-order valence-electron chi connectivity index (χ0n) is 12.0. The van der Waals surface area contributed by atoms with Gasteiger partial charge in [0, 0.05) is 11.9 Å². The first-order chi connectivity index (χ1) is 10.6. The van der Waals surface area contributed by atoms with E-state index in [0.717, 1.165) is 29.6 Å². The molecule has 3 aromatic rings. The van der Waals surface area contributed by atoms with E-state index in [-0.39, 0.29) is 5.41 Å². The van der Waals surface area contributed by atoms with Gasteiger partial charge in [-0.3, -0.25) is 0 Å². The third-order valence-corrected chi connectivity index (χ3v) is 4.73. The van der Waals surface area contributed by atoms with Crippen molar-refractivity contribution in [1.29, 1.82) is 5.26 Å². The van der Waals surface area contributed by atoms with Crippen molar-refractivity contribution in [3.63, 3.8) is 0 Å². The van der Waals surface area contributed by atoms with E-state index in [1.807, 2.05) is 22.8 Å². The molecule has 108 valence electrons. The fraction of sp³-hybridized carbons (Fsp3) is 0.235. The zero-order chi connectivity index (χ0) is 15.3. The van der Waals surface area contributed by atoms with Gasteiger partial charge in [0.1, 0.15) is 17.1 Å². The van der Waals surface area contributed by atoms with E-state index >= 15 is 0 Å². The van der Waals surface area contributed by atoms with Crippen LogP contribution in [-0.2, 0) is 5.41 Å². The molecule has 2 aromatic heterocycles. The number of rotatable bonds is 2. The van der Waals surface area contributed by atoms with Crippen molar-refractivity contribution in [3.8, 4) is 11.8 Å². The predicted octanol–water partition coefficient (Wildman–Crippen LogP) is 4.00. The molecular weight excluding hydrogens is 296 g/mol. The number of benzene rings is 1. The van der Waals surface area contributed by atoms with Crippen LogP contribution in [0.15, 0.2) is 36.8 Å². The number of nitriles is 1. The summed E-state index contributed by atoms with van der Waals surface area (Å²) in [6, 6.07) is 9.66. The highest BCUT2D eigenvalue weighted by atomic mass is 35.5. The largest absolute Gasteiger partial charge is 0.301 e. The summed E-state index contributed by atoms with van der Waals surface area (Å²) >= 11 is 6.34. The Balaban J connectivity index is 2.03. The van der Waals surface area contributed by atoms with Gasteiger partial charge >= 0.3 is 0 Å². The smallest absolute Gasteiger partial charge is 0.149 e. The second kappa shape index (κ2) is 4.56. The van der Waals surface area contributed by atoms with Gasteiger partial charge in [-0.15, -0.1) is 0 Å². The standard InChI is InChI=1S/C17H13ClN4/c1-17(5-6-17)13-9-22(12-4-2-3-11(7-12)8-19)16-14(13)15(18)20-10-21-16/h2-4,7,9-10H,5-6H2,1H3. The van der Waals surface area contributed by atoms with Crippen molar-refractivity contribution in [1.82, 2.24) is 14.5 Å². The summed E-state index contributed by atoms with van der Waals surface area (Å²) < 4.78 is 2.00. The minimum Gasteiger partial charge on any atom is -0.301 e. The van der Waals surface area contributed by atoms with E-state index in [1.54, 1.807) is 6.07 Å². The molecular formula is C17H13ClN4. The number of fused-ring (bicyclic) bond motifs is 1. The first kappa shape index (κ1) is 13.3. The lowest BCUT2D eigenvalue weighted by molar-refractivity contribution is 0.792. The third-order valence-electron chi connectivity index (χ3n) is 4.44. The highest BCUT2D eigenvalue weighted by Gasteiger charge is 2.42. The molecule has 1 aromatic carbocycles. The molecule has 0 amide bonds. The Morgan fingerprint density at radius 1 is 1.32 bits per heavy atom. The van der Waals surface area contributed by atoms with Crippen LogP contribution in [0, 0.1) is 11.3 Å². The number of halogens is 1. The molecule has 0 saturated heterocycles. The lowest BCUT2D eigenvalue weighted by Crippen LogP contribution is -1.98. The van der Waals surface area contributed by atoms with E-state index in [0.29, 0.717) is 10.7 Å². The molecule has 22 heavy (non-hydrogen) atoms. The molecule has 0 N–H and O–H groups in total. The first-order valence-electron chi connectivity index (χ1n) is 7.15. The Bertz CT molecular complexity index is 931. The average molecular weight is 309 g/mol. The number of nitrogens with zero attached hydrogens (tertiary/aromatic N) is 4. The van der Waals surface area contributed by atoms with Gasteiger partial charge in [0.15, 0.2) is 0 Å². The van der Waals surface area contributed by atoms with Crippen LogP contribution in [0.25, 0.3) is 16.7 Å². The van der Waals surface area contributed by atoms with Gasteiger partial charge in [0.2, 0.25) is 0 Å². The average Bonchev–Trinajstić information content (AvgIpc) is 3.15. The summed E-state index contributed by atoms with van der Waals surface area (Å²) in [6.07, 6.45) is 5.87. The van der Waals surface area contributed by atoms with Gasteiger partial charge in [-0.25, -0.2) is 9.97 Å². The molecule has 0 bridgehead atoms. The van der Waals surface area contributed by atoms with Crippen LogP contribution in [-0.4, -0.2) is 14.5 Å². The summed E-state index contributed by atoms with van der Waals surface area (Å²) in [4.78, 5) is 8.56. The Morgan fingerprint density at radius 3 is 2.86 bits per heavy atom. The molecule has 0 radical (unpaired) electrons. The summed E-state index contributed by atoms with van der Waals surface area (Å²) in [6.45, 7) is 2.24. The number of hydrogen-bond donors (Lipinski definition) is 0. The molecule has 0 aliphatic heterocycles. The Morgan fingerprint density at radius 2 is 2.14 bits per heavy atom. The molecule has 1 aliphatic rings. The van der Waals surface area contributed by atoms with Gasteiger partial charge in [0.05, 0.1) is 17.0 Å².